The van der Waals surface area contributed by atoms with Gasteiger partial charge in [-0.15, -0.1) is 0 Å². The molecule has 0 spiro atoms. The van der Waals surface area contributed by atoms with E-state index in [-0.39, 0.29) is 17.8 Å². The molecule has 17 heavy (non-hydrogen) atoms. The zero-order valence-electron chi connectivity index (χ0n) is 9.77. The van der Waals surface area contributed by atoms with Crippen LogP contribution in [0.3, 0.4) is 0 Å². The van der Waals surface area contributed by atoms with Crippen LogP contribution in [0.1, 0.15) is 41.8 Å². The monoisotopic (exact) mass is 236 g/mol. The van der Waals surface area contributed by atoms with Crippen molar-refractivity contribution in [2.45, 2.75) is 25.3 Å². The lowest BCUT2D eigenvalue weighted by Gasteiger charge is -2.13. The van der Waals surface area contributed by atoms with E-state index in [1.165, 1.54) is 19.3 Å². The molecule has 2 fully saturated rings. The Balaban J connectivity index is 1.80. The molecule has 1 aromatic heterocycles. The van der Waals surface area contributed by atoms with Gasteiger partial charge in [0.05, 0.1) is 6.04 Å². The van der Waals surface area contributed by atoms with Crippen LogP contribution in [0.15, 0.2) is 4.52 Å². The predicted octanol–water partition coefficient (Wildman–Crippen LogP) is 0.490. The van der Waals surface area contributed by atoms with Crippen LogP contribution in [0, 0.1) is 11.8 Å². The molecule has 0 aromatic carbocycles. The second-order valence-corrected chi connectivity index (χ2v) is 4.78. The van der Waals surface area contributed by atoms with Crippen LogP contribution in [0.5, 0.6) is 0 Å². The van der Waals surface area contributed by atoms with Gasteiger partial charge in [0.15, 0.2) is 0 Å². The van der Waals surface area contributed by atoms with Crippen molar-refractivity contribution in [3.05, 3.63) is 11.7 Å². The molecule has 1 aliphatic heterocycles. The lowest BCUT2D eigenvalue weighted by Crippen LogP contribution is -2.21. The van der Waals surface area contributed by atoms with Gasteiger partial charge in [-0.2, -0.15) is 4.98 Å². The minimum atomic E-state index is -0.305. The molecule has 3 rings (SSSR count). The van der Waals surface area contributed by atoms with Crippen molar-refractivity contribution in [2.24, 2.45) is 11.8 Å². The maximum atomic E-state index is 11.4. The first kappa shape index (κ1) is 10.7. The highest BCUT2D eigenvalue weighted by Gasteiger charge is 2.42. The average molecular weight is 236 g/mol. The van der Waals surface area contributed by atoms with Gasteiger partial charge >= 0.3 is 0 Å². The molecular weight excluding hydrogens is 220 g/mol. The summed E-state index contributed by atoms with van der Waals surface area (Å²) in [6, 6.07) is 0.133. The summed E-state index contributed by atoms with van der Waals surface area (Å²) < 4.78 is 5.20. The SMILES string of the molecule is CNC(=O)c1noc(C2NCC3CCCC32)n1. The third kappa shape index (κ3) is 1.72. The van der Waals surface area contributed by atoms with Gasteiger partial charge in [-0.05, 0) is 31.2 Å². The van der Waals surface area contributed by atoms with E-state index in [4.69, 9.17) is 4.52 Å². The van der Waals surface area contributed by atoms with Crippen molar-refractivity contribution in [3.63, 3.8) is 0 Å². The molecule has 1 amide bonds. The lowest BCUT2D eigenvalue weighted by atomic mass is 9.94. The maximum absolute atomic E-state index is 11.4. The van der Waals surface area contributed by atoms with E-state index >= 15 is 0 Å². The van der Waals surface area contributed by atoms with Crippen LogP contribution in [0.2, 0.25) is 0 Å². The van der Waals surface area contributed by atoms with E-state index in [1.807, 2.05) is 0 Å². The summed E-state index contributed by atoms with van der Waals surface area (Å²) in [5.41, 5.74) is 0. The first-order chi connectivity index (χ1) is 8.29. The quantitative estimate of drug-likeness (QED) is 0.781. The predicted molar refractivity (Wildman–Crippen MR) is 59.3 cm³/mol. The van der Waals surface area contributed by atoms with Gasteiger partial charge in [0, 0.05) is 7.05 Å². The van der Waals surface area contributed by atoms with Crippen LogP contribution in [-0.2, 0) is 0 Å². The summed E-state index contributed by atoms with van der Waals surface area (Å²) >= 11 is 0. The van der Waals surface area contributed by atoms with E-state index in [1.54, 1.807) is 7.05 Å². The van der Waals surface area contributed by atoms with Crippen molar-refractivity contribution in [3.8, 4) is 0 Å². The largest absolute Gasteiger partial charge is 0.352 e. The van der Waals surface area contributed by atoms with Gasteiger partial charge in [0.1, 0.15) is 0 Å². The minimum absolute atomic E-state index is 0.116. The van der Waals surface area contributed by atoms with E-state index in [2.05, 4.69) is 20.8 Å². The van der Waals surface area contributed by atoms with Crippen molar-refractivity contribution < 1.29 is 9.32 Å². The fourth-order valence-electron chi connectivity index (χ4n) is 3.02. The number of hydrogen-bond donors (Lipinski definition) is 2. The molecule has 6 heteroatoms. The number of nitrogens with zero attached hydrogens (tertiary/aromatic N) is 2. The Morgan fingerprint density at radius 2 is 2.41 bits per heavy atom. The van der Waals surface area contributed by atoms with Gasteiger partial charge in [0.2, 0.25) is 5.89 Å². The summed E-state index contributed by atoms with van der Waals surface area (Å²) in [5.74, 6) is 1.69. The highest BCUT2D eigenvalue weighted by molar-refractivity contribution is 5.89. The smallest absolute Gasteiger partial charge is 0.292 e. The third-order valence-electron chi connectivity index (χ3n) is 3.88. The second-order valence-electron chi connectivity index (χ2n) is 4.78. The Labute approximate surface area is 99.2 Å². The Bertz CT molecular complexity index is 431. The molecule has 3 atom stereocenters. The van der Waals surface area contributed by atoms with Crippen LogP contribution in [-0.4, -0.2) is 29.6 Å². The normalized spacial score (nSPS) is 31.5. The summed E-state index contributed by atoms with van der Waals surface area (Å²) in [6.45, 7) is 1.02. The van der Waals surface area contributed by atoms with E-state index < -0.39 is 0 Å². The summed E-state index contributed by atoms with van der Waals surface area (Å²) in [4.78, 5) is 15.5. The molecule has 0 bridgehead atoms. The summed E-state index contributed by atoms with van der Waals surface area (Å²) in [6.07, 6.45) is 3.77. The Kier molecular flexibility index (Phi) is 2.58. The van der Waals surface area contributed by atoms with Gasteiger partial charge < -0.3 is 15.2 Å². The fraction of sp³-hybridized carbons (Fsp3) is 0.727. The molecule has 92 valence electrons. The van der Waals surface area contributed by atoms with E-state index in [0.29, 0.717) is 11.8 Å². The number of aromatic nitrogens is 2. The van der Waals surface area contributed by atoms with E-state index in [9.17, 15) is 4.79 Å². The lowest BCUT2D eigenvalue weighted by molar-refractivity contribution is 0.0950. The molecule has 1 saturated carbocycles. The number of amides is 1. The highest BCUT2D eigenvalue weighted by Crippen LogP contribution is 2.43. The van der Waals surface area contributed by atoms with Crippen molar-refractivity contribution in [1.82, 2.24) is 20.8 Å². The molecule has 1 aromatic rings. The van der Waals surface area contributed by atoms with Crippen molar-refractivity contribution in [2.75, 3.05) is 13.6 Å². The second kappa shape index (κ2) is 4.10. The number of carbonyl (C=O) groups is 1. The van der Waals surface area contributed by atoms with Crippen molar-refractivity contribution >= 4 is 5.91 Å². The van der Waals surface area contributed by atoms with Gasteiger partial charge in [-0.25, -0.2) is 0 Å². The number of fused-ring (bicyclic) bond motifs is 1. The number of carbonyl (C=O) groups excluding carboxylic acids is 1. The fourth-order valence-corrected chi connectivity index (χ4v) is 3.02. The summed E-state index contributed by atoms with van der Waals surface area (Å²) in [7, 11) is 1.55. The molecular formula is C11H16N4O2. The Morgan fingerprint density at radius 3 is 3.24 bits per heavy atom. The van der Waals surface area contributed by atoms with Crippen LogP contribution in [0.4, 0.5) is 0 Å². The van der Waals surface area contributed by atoms with Crippen molar-refractivity contribution in [1.29, 1.82) is 0 Å². The molecule has 2 aliphatic rings. The van der Waals surface area contributed by atoms with Gasteiger partial charge in [0.25, 0.3) is 11.7 Å². The zero-order valence-corrected chi connectivity index (χ0v) is 9.77. The third-order valence-corrected chi connectivity index (χ3v) is 3.88. The first-order valence-corrected chi connectivity index (χ1v) is 6.08. The standard InChI is InChI=1S/C11H16N4O2/c1-12-10(16)9-14-11(17-15-9)8-7-4-2-3-6(7)5-13-8/h6-8,13H,2-5H2,1H3,(H,12,16). The Hall–Kier alpha value is -1.43. The van der Waals surface area contributed by atoms with E-state index in [0.717, 1.165) is 12.5 Å². The highest BCUT2D eigenvalue weighted by atomic mass is 16.5. The number of nitrogens with one attached hydrogen (secondary N) is 2. The van der Waals surface area contributed by atoms with Gasteiger partial charge in [-0.3, -0.25) is 4.79 Å². The van der Waals surface area contributed by atoms with Crippen LogP contribution in [0.25, 0.3) is 0 Å². The molecule has 2 N–H and O–H groups in total. The molecule has 3 unspecified atom stereocenters. The average Bonchev–Trinajstić information content (AvgIpc) is 3.02. The van der Waals surface area contributed by atoms with Crippen LogP contribution < -0.4 is 10.6 Å². The van der Waals surface area contributed by atoms with Gasteiger partial charge in [-0.1, -0.05) is 11.6 Å². The molecule has 1 saturated heterocycles. The first-order valence-electron chi connectivity index (χ1n) is 6.08. The molecule has 2 heterocycles. The molecule has 1 aliphatic carbocycles. The molecule has 0 radical (unpaired) electrons. The Morgan fingerprint density at radius 1 is 1.53 bits per heavy atom. The van der Waals surface area contributed by atoms with Crippen LogP contribution >= 0.6 is 0 Å². The molecule has 6 nitrogen and oxygen atoms in total. The number of rotatable bonds is 2. The summed E-state index contributed by atoms with van der Waals surface area (Å²) in [5, 5.41) is 9.61. The zero-order chi connectivity index (χ0) is 11.8. The maximum Gasteiger partial charge on any atom is 0.292 e. The number of hydrogen-bond acceptors (Lipinski definition) is 5. The minimum Gasteiger partial charge on any atom is -0.352 e. The topological polar surface area (TPSA) is 80.0 Å².